The van der Waals surface area contributed by atoms with Crippen LogP contribution in [-0.4, -0.2) is 44.1 Å². The molecule has 1 atom stereocenters. The molecule has 1 amide bonds. The quantitative estimate of drug-likeness (QED) is 0.240. The van der Waals surface area contributed by atoms with Crippen LogP contribution in [0, 0.1) is 0 Å². The van der Waals surface area contributed by atoms with Crippen LogP contribution in [0.25, 0.3) is 5.76 Å². The molecule has 3 aromatic rings. The highest BCUT2D eigenvalue weighted by atomic mass is 35.5. The van der Waals surface area contributed by atoms with Crippen molar-refractivity contribution < 1.29 is 24.2 Å². The third-order valence-electron chi connectivity index (χ3n) is 6.08. The van der Waals surface area contributed by atoms with Crippen molar-refractivity contribution in [2.24, 2.45) is 0 Å². The van der Waals surface area contributed by atoms with Gasteiger partial charge in [-0.2, -0.15) is 0 Å². The van der Waals surface area contributed by atoms with Gasteiger partial charge in [0.2, 0.25) is 0 Å². The van der Waals surface area contributed by atoms with Gasteiger partial charge in [0.05, 0.1) is 29.9 Å². The van der Waals surface area contributed by atoms with E-state index < -0.39 is 17.7 Å². The van der Waals surface area contributed by atoms with E-state index in [1.165, 1.54) is 18.1 Å². The van der Waals surface area contributed by atoms with Crippen molar-refractivity contribution in [2.75, 3.05) is 31.0 Å². The van der Waals surface area contributed by atoms with Gasteiger partial charge in [-0.15, -0.1) is 0 Å². The predicted octanol–water partition coefficient (Wildman–Crippen LogP) is 5.83. The van der Waals surface area contributed by atoms with Crippen molar-refractivity contribution >= 4 is 40.4 Å². The average Bonchev–Trinajstić information content (AvgIpc) is 3.14. The van der Waals surface area contributed by atoms with Gasteiger partial charge in [0, 0.05) is 31.0 Å². The number of carbonyl (C=O) groups is 2. The number of aliphatic hydroxyl groups is 1. The Morgan fingerprint density at radius 2 is 1.65 bits per heavy atom. The Balaban J connectivity index is 1.88. The topological polar surface area (TPSA) is 79.3 Å². The lowest BCUT2D eigenvalue weighted by molar-refractivity contribution is -0.132. The minimum atomic E-state index is -0.862. The van der Waals surface area contributed by atoms with E-state index in [-0.39, 0.29) is 22.5 Å². The van der Waals surface area contributed by atoms with Gasteiger partial charge in [0.1, 0.15) is 17.3 Å². The number of amides is 1. The second kappa shape index (κ2) is 10.6. The van der Waals surface area contributed by atoms with Crippen LogP contribution in [0.2, 0.25) is 5.02 Å². The maximum atomic E-state index is 13.4. The van der Waals surface area contributed by atoms with Crippen LogP contribution in [0.4, 0.5) is 11.4 Å². The third kappa shape index (κ3) is 5.13. The highest BCUT2D eigenvalue weighted by Crippen LogP contribution is 2.43. The number of ketones is 1. The normalized spacial score (nSPS) is 16.8. The molecule has 37 heavy (non-hydrogen) atoms. The molecule has 1 aliphatic rings. The molecule has 0 spiro atoms. The summed E-state index contributed by atoms with van der Waals surface area (Å²) in [6.45, 7) is 3.86. The minimum absolute atomic E-state index is 0.00785. The summed E-state index contributed by atoms with van der Waals surface area (Å²) in [5.74, 6) is -0.743. The zero-order chi connectivity index (χ0) is 26.9. The molecule has 8 heteroatoms. The minimum Gasteiger partial charge on any atom is -0.507 e. The number of carbonyl (C=O) groups excluding carboxylic acids is 2. The van der Waals surface area contributed by atoms with Crippen molar-refractivity contribution in [3.05, 3.63) is 88.5 Å². The van der Waals surface area contributed by atoms with E-state index in [0.29, 0.717) is 28.3 Å². The van der Waals surface area contributed by atoms with Gasteiger partial charge in [0.25, 0.3) is 11.7 Å². The first-order valence-corrected chi connectivity index (χ1v) is 12.2. The molecular formula is C29H29ClN2O5. The molecule has 1 fully saturated rings. The first-order chi connectivity index (χ1) is 17.6. The van der Waals surface area contributed by atoms with Crippen molar-refractivity contribution in [3.63, 3.8) is 0 Å². The monoisotopic (exact) mass is 520 g/mol. The summed E-state index contributed by atoms with van der Waals surface area (Å²) in [4.78, 5) is 30.1. The molecule has 1 unspecified atom stereocenters. The SMILES string of the molecule is COc1ccc(/C(O)=C2/C(=O)C(=O)N(c3ccc(N(C)C)cc3)C2c2ccc(OC(C)C)cc2)cc1Cl. The van der Waals surface area contributed by atoms with Gasteiger partial charge in [-0.25, -0.2) is 0 Å². The van der Waals surface area contributed by atoms with Crippen molar-refractivity contribution in [3.8, 4) is 11.5 Å². The summed E-state index contributed by atoms with van der Waals surface area (Å²) in [7, 11) is 5.32. The van der Waals surface area contributed by atoms with Crippen LogP contribution in [-0.2, 0) is 9.59 Å². The van der Waals surface area contributed by atoms with Crippen LogP contribution in [0.1, 0.15) is 31.0 Å². The molecule has 192 valence electrons. The summed E-state index contributed by atoms with van der Waals surface area (Å²) in [6, 6.07) is 18.3. The molecule has 0 radical (unpaired) electrons. The number of hydrogen-bond acceptors (Lipinski definition) is 6. The second-order valence-electron chi connectivity index (χ2n) is 9.16. The Morgan fingerprint density at radius 3 is 2.19 bits per heavy atom. The van der Waals surface area contributed by atoms with Gasteiger partial charge in [-0.1, -0.05) is 23.7 Å². The molecule has 0 saturated carbocycles. The van der Waals surface area contributed by atoms with Crippen LogP contribution in [0.3, 0.4) is 0 Å². The molecule has 7 nitrogen and oxygen atoms in total. The van der Waals surface area contributed by atoms with Crippen molar-refractivity contribution in [1.29, 1.82) is 0 Å². The summed E-state index contributed by atoms with van der Waals surface area (Å²) < 4.78 is 11.0. The lowest BCUT2D eigenvalue weighted by atomic mass is 9.95. The fourth-order valence-corrected chi connectivity index (χ4v) is 4.55. The molecular weight excluding hydrogens is 492 g/mol. The molecule has 0 aliphatic carbocycles. The molecule has 3 aromatic carbocycles. The van der Waals surface area contributed by atoms with Crippen LogP contribution >= 0.6 is 11.6 Å². The van der Waals surface area contributed by atoms with E-state index in [4.69, 9.17) is 21.1 Å². The first-order valence-electron chi connectivity index (χ1n) is 11.8. The molecule has 0 bridgehead atoms. The Bertz CT molecular complexity index is 1350. The highest BCUT2D eigenvalue weighted by molar-refractivity contribution is 6.51. The zero-order valence-electron chi connectivity index (χ0n) is 21.4. The third-order valence-corrected chi connectivity index (χ3v) is 6.38. The summed E-state index contributed by atoms with van der Waals surface area (Å²) >= 11 is 6.28. The largest absolute Gasteiger partial charge is 0.507 e. The van der Waals surface area contributed by atoms with Gasteiger partial charge in [-0.3, -0.25) is 14.5 Å². The zero-order valence-corrected chi connectivity index (χ0v) is 22.1. The molecule has 1 heterocycles. The Morgan fingerprint density at radius 1 is 1.00 bits per heavy atom. The number of halogens is 1. The Labute approximate surface area is 221 Å². The standard InChI is InChI=1S/C29H29ClN2O5/c1-17(2)37-22-13-6-18(7-14-22)26-25(27(33)19-8-15-24(36-5)23(30)16-19)28(34)29(35)32(26)21-11-9-20(10-12-21)31(3)4/h6-17,26,33H,1-5H3/b27-25-. The molecule has 4 rings (SSSR count). The van der Waals surface area contributed by atoms with E-state index >= 15 is 0 Å². The number of methoxy groups -OCH3 is 1. The highest BCUT2D eigenvalue weighted by Gasteiger charge is 2.47. The number of anilines is 2. The molecule has 1 saturated heterocycles. The Kier molecular flexibility index (Phi) is 7.45. The van der Waals surface area contributed by atoms with Gasteiger partial charge in [0.15, 0.2) is 0 Å². The van der Waals surface area contributed by atoms with Crippen molar-refractivity contribution in [2.45, 2.75) is 26.0 Å². The van der Waals surface area contributed by atoms with Crippen LogP contribution in [0.15, 0.2) is 72.3 Å². The smallest absolute Gasteiger partial charge is 0.300 e. The van der Waals surface area contributed by atoms with E-state index in [1.807, 2.05) is 45.0 Å². The number of benzene rings is 3. The Hall–Kier alpha value is -3.97. The summed E-state index contributed by atoms with van der Waals surface area (Å²) in [6.07, 6.45) is -0.00785. The second-order valence-corrected chi connectivity index (χ2v) is 9.57. The lowest BCUT2D eigenvalue weighted by Crippen LogP contribution is -2.29. The summed E-state index contributed by atoms with van der Waals surface area (Å²) in [5.41, 5.74) is 2.40. The van der Waals surface area contributed by atoms with Crippen LogP contribution in [0.5, 0.6) is 11.5 Å². The van der Waals surface area contributed by atoms with Gasteiger partial charge >= 0.3 is 0 Å². The van der Waals surface area contributed by atoms with Crippen LogP contribution < -0.4 is 19.3 Å². The number of rotatable bonds is 7. The fraction of sp³-hybridized carbons (Fsp3) is 0.241. The first kappa shape index (κ1) is 26.1. The number of nitrogens with zero attached hydrogens (tertiary/aromatic N) is 2. The average molecular weight is 521 g/mol. The number of aliphatic hydroxyl groups excluding tert-OH is 1. The number of ether oxygens (including phenoxy) is 2. The van der Waals surface area contributed by atoms with E-state index in [0.717, 1.165) is 5.69 Å². The number of hydrogen-bond donors (Lipinski definition) is 1. The van der Waals surface area contributed by atoms with E-state index in [9.17, 15) is 14.7 Å². The maximum Gasteiger partial charge on any atom is 0.300 e. The maximum absolute atomic E-state index is 13.4. The van der Waals surface area contributed by atoms with Gasteiger partial charge in [-0.05, 0) is 74.0 Å². The summed E-state index contributed by atoms with van der Waals surface area (Å²) in [5, 5.41) is 11.6. The predicted molar refractivity (Wildman–Crippen MR) is 146 cm³/mol. The van der Waals surface area contributed by atoms with Gasteiger partial charge < -0.3 is 19.5 Å². The lowest BCUT2D eigenvalue weighted by Gasteiger charge is -2.26. The van der Waals surface area contributed by atoms with E-state index in [2.05, 4.69) is 0 Å². The molecule has 1 aliphatic heterocycles. The molecule has 0 aromatic heterocycles. The van der Waals surface area contributed by atoms with Crippen molar-refractivity contribution in [1.82, 2.24) is 0 Å². The molecule has 1 N–H and O–H groups in total. The van der Waals surface area contributed by atoms with E-state index in [1.54, 1.807) is 48.5 Å². The fourth-order valence-electron chi connectivity index (χ4n) is 4.30. The number of Topliss-reactive ketones (excluding diaryl/α,β-unsaturated/α-hetero) is 1.